The molecule has 4 unspecified atom stereocenters. The fourth-order valence-electron chi connectivity index (χ4n) is 12.2. The van der Waals surface area contributed by atoms with Gasteiger partial charge in [0.05, 0.1) is 84.6 Å². The molecule has 0 aromatic carbocycles. The summed E-state index contributed by atoms with van der Waals surface area (Å²) >= 11 is 0. The summed E-state index contributed by atoms with van der Waals surface area (Å²) in [7, 11) is 0. The molecule has 14 N–H and O–H groups in total. The predicted octanol–water partition coefficient (Wildman–Crippen LogP) is 3.13. The Kier molecular flexibility index (Phi) is 38.6. The minimum atomic E-state index is -1.15. The number of amides is 2. The monoisotopic (exact) mass is 1450 g/mol. The van der Waals surface area contributed by atoms with Crippen LogP contribution in [0.25, 0.3) is 0 Å². The van der Waals surface area contributed by atoms with Crippen LogP contribution in [0.4, 0.5) is 0 Å². The van der Waals surface area contributed by atoms with Gasteiger partial charge >= 0.3 is 64.0 Å². The Hall–Kier alpha value is -8.55. The third kappa shape index (κ3) is 30.2. The Morgan fingerprint density at radius 2 is 0.697 bits per heavy atom. The van der Waals surface area contributed by atoms with Crippen molar-refractivity contribution < 1.29 is 109 Å². The molecule has 2 saturated carbocycles. The Morgan fingerprint density at radius 3 is 1.02 bits per heavy atom. The van der Waals surface area contributed by atoms with Crippen LogP contribution < -0.4 is 10.6 Å². The molecule has 8 rings (SSSR count). The number of hydrogen-bond acceptors (Lipinski definition) is 20. The maximum atomic E-state index is 13.0. The number of carbonyl (C=O) groups is 7. The van der Waals surface area contributed by atoms with Crippen molar-refractivity contribution in [3.05, 3.63) is 192 Å². The summed E-state index contributed by atoms with van der Waals surface area (Å²) in [5.41, 5.74) is 5.60. The van der Waals surface area contributed by atoms with Crippen molar-refractivity contribution in [2.45, 2.75) is 115 Å². The number of pyridine rings is 6. The van der Waals surface area contributed by atoms with Crippen LogP contribution in [0.3, 0.4) is 0 Å². The topological polar surface area (TPSA) is 428 Å². The van der Waals surface area contributed by atoms with E-state index in [9.17, 15) is 64.2 Å². The summed E-state index contributed by atoms with van der Waals surface area (Å²) in [6.07, 6.45) is 16.5. The van der Waals surface area contributed by atoms with Gasteiger partial charge in [-0.25, -0.2) is 0 Å². The molecule has 0 bridgehead atoms. The zero-order valence-electron chi connectivity index (χ0n) is 55.2. The first-order valence-electron chi connectivity index (χ1n) is 31.8. The van der Waals surface area contributed by atoms with Crippen molar-refractivity contribution in [3.8, 4) is 0 Å². The number of carboxylic acids is 5. The van der Waals surface area contributed by atoms with E-state index in [2.05, 4.69) is 56.9 Å². The van der Waals surface area contributed by atoms with Gasteiger partial charge in [-0.2, -0.15) is 0 Å². The summed E-state index contributed by atoms with van der Waals surface area (Å²) in [6.45, 7) is 6.56. The molecule has 2 radical (unpaired) electrons. The average molecular weight is 1460 g/mol. The number of aromatic nitrogens is 6. The molecule has 2 fully saturated rings. The van der Waals surface area contributed by atoms with Crippen LogP contribution in [-0.2, 0) is 108 Å². The molecule has 0 aliphatic heterocycles. The smallest absolute Gasteiger partial charge is 0.512 e. The second-order valence-electron chi connectivity index (χ2n) is 23.6. The number of carboxylic acid groups (broad SMARTS) is 5. The third-order valence-electron chi connectivity index (χ3n) is 16.4. The van der Waals surface area contributed by atoms with Gasteiger partial charge in [-0.05, 0) is 98.5 Å². The Labute approximate surface area is 596 Å². The molecule has 31 heteroatoms. The van der Waals surface area contributed by atoms with Gasteiger partial charge in [-0.3, -0.25) is 92.9 Å². The van der Waals surface area contributed by atoms with Gasteiger partial charge in [0.25, 0.3) is 11.8 Å². The van der Waals surface area contributed by atoms with Crippen LogP contribution in [-0.4, -0.2) is 228 Å². The van der Waals surface area contributed by atoms with E-state index in [1.54, 1.807) is 63.8 Å². The quantitative estimate of drug-likeness (QED) is 0.0158. The largest absolute Gasteiger partial charge is 2.00 e. The van der Waals surface area contributed by atoms with Gasteiger partial charge in [0, 0.05) is 139 Å². The van der Waals surface area contributed by atoms with Crippen molar-refractivity contribution in [2.75, 3.05) is 72.0 Å². The molecule has 6 heterocycles. The van der Waals surface area contributed by atoms with Crippen LogP contribution in [0.15, 0.2) is 147 Å². The summed E-state index contributed by atoms with van der Waals surface area (Å²) in [5.74, 6) is -6.11. The number of nitrogens with one attached hydrogen (secondary N) is 2. The van der Waals surface area contributed by atoms with E-state index in [0.717, 1.165) is 61.4 Å². The molecule has 0 saturated heterocycles. The zero-order chi connectivity index (χ0) is 67.9. The second kappa shape index (κ2) is 45.2. The van der Waals surface area contributed by atoms with Gasteiger partial charge < -0.3 is 52.2 Å². The van der Waals surface area contributed by atoms with Crippen molar-refractivity contribution in [1.29, 1.82) is 0 Å². The summed E-state index contributed by atoms with van der Waals surface area (Å²) in [5, 5.41) is 63.5. The van der Waals surface area contributed by atoms with Crippen molar-refractivity contribution in [2.24, 2.45) is 0 Å². The molecule has 2 amide bonds. The Balaban J connectivity index is 0.000000495. The number of aliphatic hydroxyl groups excluding tert-OH is 1. The van der Waals surface area contributed by atoms with Crippen LogP contribution in [0.1, 0.15) is 106 Å². The Morgan fingerprint density at radius 1 is 0.384 bits per heavy atom. The van der Waals surface area contributed by atoms with E-state index < -0.39 is 49.0 Å². The standard InChI is InChI=1S/C35H45N7O6.C33H41N7O7.2Mn.2H2O/c1-26(43)21-41(24-33(44)45)31-10-2-3-11-32(31)42(25-34(46)47)23-30-13-12-27(20-39-30)35(48)38-17-19-40(22-29-9-5-7-16-37-29)18-14-28-8-4-6-15-36-28;41-30(42)21-39(28-9-1-2-10-29(28)40(22-31(43)44)23-32(45)46)20-27-12-11-24(17-37-27)33(47)36-15-16-38(18-25-7-3-5-13-34-25)19-26-8-4-6-14-35-26;;;;/h4-9,12-13,15-16,20,31-32,43H,1-3,10-11,14,17-19,21-25H2,(H,38,48)(H,44,45)(H,46,47);3-8,11-14,17,28-29H,1-2,9-10,15-16,18-23H2,(H,36,47)(H,41,42)(H,43,44)(H,45,46);;;2*1H2/q;;2*+2;;/p+2. The van der Waals surface area contributed by atoms with Crippen molar-refractivity contribution in [3.63, 3.8) is 0 Å². The molecule has 6 aromatic heterocycles. The molecular weight excluding hydrogens is 1360 g/mol. The summed E-state index contributed by atoms with van der Waals surface area (Å²) in [6, 6.07) is 28.4. The third-order valence-corrected chi connectivity index (χ3v) is 16.4. The fourth-order valence-corrected chi connectivity index (χ4v) is 12.2. The first-order valence-corrected chi connectivity index (χ1v) is 31.8. The normalized spacial score (nSPS) is 15.6. The van der Waals surface area contributed by atoms with E-state index >= 15 is 0 Å². The van der Waals surface area contributed by atoms with Crippen LogP contribution in [0.2, 0.25) is 0 Å². The first kappa shape index (κ1) is 84.7. The van der Waals surface area contributed by atoms with Crippen molar-refractivity contribution in [1.82, 2.24) is 69.9 Å². The SMILES string of the molecule is C=C(O)CN(CC(=O)O)C1CCCCC1N(CC(=O)O)Cc1ccc(C(=O)NCCN(CCc2ccccn2)Cc2ccccn2)cn1.O=C(O)CN(CC(=O)O)C1CCCCC1N(CC(=O)O)Cc1ccc(C(=O)NCCN(Cc2ccccn2)Cc2ccccn2)cn1.[Mn+2].[Mn+2].[OH3+].[OH3+]. The van der Waals surface area contributed by atoms with Crippen LogP contribution in [0, 0.1) is 0 Å². The van der Waals surface area contributed by atoms with Crippen molar-refractivity contribution >= 4 is 41.7 Å². The van der Waals surface area contributed by atoms with Gasteiger partial charge in [-0.15, -0.1) is 0 Å². The summed E-state index contributed by atoms with van der Waals surface area (Å²) in [4.78, 5) is 122. The fraction of sp³-hybridized carbons (Fsp3) is 0.426. The van der Waals surface area contributed by atoms with Gasteiger partial charge in [0.1, 0.15) is 0 Å². The molecule has 2 aliphatic rings. The van der Waals surface area contributed by atoms with Crippen LogP contribution >= 0.6 is 0 Å². The predicted molar refractivity (Wildman–Crippen MR) is 359 cm³/mol. The molecule has 99 heavy (non-hydrogen) atoms. The zero-order valence-corrected chi connectivity index (χ0v) is 57.6. The first-order chi connectivity index (χ1) is 45.8. The number of aliphatic hydroxyl groups is 1. The molecule has 29 nitrogen and oxygen atoms in total. The molecule has 0 spiro atoms. The van der Waals surface area contributed by atoms with E-state index in [1.165, 1.54) is 17.3 Å². The van der Waals surface area contributed by atoms with Gasteiger partial charge in [0.2, 0.25) is 0 Å². The average Bonchev–Trinajstić information content (AvgIpc) is 0.828. The number of aliphatic carboxylic acids is 5. The number of hydrogen-bond donors (Lipinski definition) is 8. The van der Waals surface area contributed by atoms with E-state index in [4.69, 9.17) is 0 Å². The maximum absolute atomic E-state index is 13.0. The summed E-state index contributed by atoms with van der Waals surface area (Å²) < 4.78 is 0. The molecule has 2 aliphatic carbocycles. The van der Waals surface area contributed by atoms with E-state index in [0.29, 0.717) is 94.0 Å². The van der Waals surface area contributed by atoms with E-state index in [-0.39, 0.29) is 120 Å². The number of carbonyl (C=O) groups excluding carboxylic acids is 2. The number of rotatable bonds is 37. The van der Waals surface area contributed by atoms with E-state index in [1.807, 2.05) is 72.8 Å². The van der Waals surface area contributed by atoms with Gasteiger partial charge in [0.15, 0.2) is 0 Å². The maximum Gasteiger partial charge on any atom is 2.00 e. The molecule has 4 atom stereocenters. The molecule has 532 valence electrons. The van der Waals surface area contributed by atoms with Gasteiger partial charge in [-0.1, -0.05) is 56.5 Å². The molecule has 6 aromatic rings. The van der Waals surface area contributed by atoms with Crippen LogP contribution in [0.5, 0.6) is 0 Å². The minimum absolute atomic E-state index is 0. The second-order valence-corrected chi connectivity index (χ2v) is 23.6. The number of nitrogens with zero attached hydrogens (tertiary/aromatic N) is 12. The Bertz CT molecular complexity index is 3330. The molecular formula is C68H92Mn2N14O15+6. The minimum Gasteiger partial charge on any atom is -0.512 e.